The van der Waals surface area contributed by atoms with Gasteiger partial charge in [-0.05, 0) is 55.5 Å². The maximum absolute atomic E-state index is 12.9. The van der Waals surface area contributed by atoms with Gasteiger partial charge in [0.1, 0.15) is 5.82 Å². The number of hydrogen-bond donors (Lipinski definition) is 1. The zero-order chi connectivity index (χ0) is 20.6. The largest absolute Gasteiger partial charge is 0.417 e. The van der Waals surface area contributed by atoms with Gasteiger partial charge in [-0.15, -0.1) is 0 Å². The number of anilines is 1. The summed E-state index contributed by atoms with van der Waals surface area (Å²) in [7, 11) is 0. The van der Waals surface area contributed by atoms with Crippen molar-refractivity contribution in [2.75, 3.05) is 18.0 Å². The van der Waals surface area contributed by atoms with Crippen molar-refractivity contribution in [3.8, 4) is 0 Å². The third-order valence-corrected chi connectivity index (χ3v) is 6.34. The molecule has 0 bridgehead atoms. The van der Waals surface area contributed by atoms with Crippen LogP contribution in [0.4, 0.5) is 19.0 Å². The predicted molar refractivity (Wildman–Crippen MR) is 108 cm³/mol. The Morgan fingerprint density at radius 2 is 1.76 bits per heavy atom. The summed E-state index contributed by atoms with van der Waals surface area (Å²) in [6.45, 7) is 1.29. The molecule has 2 aromatic rings. The number of carbonyl (C=O) groups is 1. The van der Waals surface area contributed by atoms with Crippen LogP contribution in [0.5, 0.6) is 0 Å². The van der Waals surface area contributed by atoms with E-state index in [1.807, 2.05) is 29.2 Å². The van der Waals surface area contributed by atoms with Crippen LogP contribution in [0.3, 0.4) is 0 Å². The van der Waals surface area contributed by atoms with Crippen LogP contribution in [0.2, 0.25) is 0 Å². The number of pyridine rings is 1. The molecule has 1 aliphatic heterocycles. The SMILES string of the molecule is O=C(NC1CCN(c2ccc(C(F)(F)F)cn2)CC1)C1(c2ccc(Br)cc2)CC1. The van der Waals surface area contributed by atoms with E-state index in [-0.39, 0.29) is 11.9 Å². The second-order valence-corrected chi connectivity index (χ2v) is 8.64. The van der Waals surface area contributed by atoms with Gasteiger partial charge in [-0.25, -0.2) is 4.98 Å². The fourth-order valence-electron chi connectivity index (χ4n) is 3.86. The quantitative estimate of drug-likeness (QED) is 0.709. The lowest BCUT2D eigenvalue weighted by Gasteiger charge is -2.34. The van der Waals surface area contributed by atoms with Crippen LogP contribution >= 0.6 is 15.9 Å². The summed E-state index contributed by atoms with van der Waals surface area (Å²) in [6.07, 6.45) is -0.312. The predicted octanol–water partition coefficient (Wildman–Crippen LogP) is 4.68. The Morgan fingerprint density at radius 1 is 1.10 bits per heavy atom. The van der Waals surface area contributed by atoms with E-state index in [1.54, 1.807) is 0 Å². The molecule has 29 heavy (non-hydrogen) atoms. The van der Waals surface area contributed by atoms with E-state index in [2.05, 4.69) is 26.2 Å². The third kappa shape index (κ3) is 4.27. The molecule has 1 N–H and O–H groups in total. The van der Waals surface area contributed by atoms with Crippen LogP contribution < -0.4 is 10.2 Å². The Kier molecular flexibility index (Phi) is 5.31. The van der Waals surface area contributed by atoms with E-state index in [0.717, 1.165) is 48.0 Å². The van der Waals surface area contributed by atoms with Crippen LogP contribution in [0.1, 0.15) is 36.8 Å². The molecular weight excluding hydrogens is 447 g/mol. The Balaban J connectivity index is 1.33. The van der Waals surface area contributed by atoms with Gasteiger partial charge < -0.3 is 10.2 Å². The fourth-order valence-corrected chi connectivity index (χ4v) is 4.12. The minimum absolute atomic E-state index is 0.0705. The summed E-state index contributed by atoms with van der Waals surface area (Å²) in [4.78, 5) is 18.8. The van der Waals surface area contributed by atoms with Crippen LogP contribution in [0, 0.1) is 0 Å². The number of piperidine rings is 1. The van der Waals surface area contributed by atoms with E-state index in [9.17, 15) is 18.0 Å². The number of aromatic nitrogens is 1. The number of benzene rings is 1. The number of carbonyl (C=O) groups excluding carboxylic acids is 1. The number of alkyl halides is 3. The fraction of sp³-hybridized carbons (Fsp3) is 0.429. The Morgan fingerprint density at radius 3 is 2.28 bits per heavy atom. The van der Waals surface area contributed by atoms with Gasteiger partial charge in [0.05, 0.1) is 11.0 Å². The topological polar surface area (TPSA) is 45.2 Å². The van der Waals surface area contributed by atoms with Crippen molar-refractivity contribution in [3.63, 3.8) is 0 Å². The number of nitrogens with one attached hydrogen (secondary N) is 1. The van der Waals surface area contributed by atoms with Gasteiger partial charge in [0.2, 0.25) is 5.91 Å². The summed E-state index contributed by atoms with van der Waals surface area (Å²) in [6, 6.07) is 10.4. The van der Waals surface area contributed by atoms with Crippen molar-refractivity contribution in [1.82, 2.24) is 10.3 Å². The highest BCUT2D eigenvalue weighted by Crippen LogP contribution is 2.48. The monoisotopic (exact) mass is 467 g/mol. The van der Waals surface area contributed by atoms with Gasteiger partial charge in [0, 0.05) is 29.8 Å². The highest BCUT2D eigenvalue weighted by atomic mass is 79.9. The molecule has 2 fully saturated rings. The molecule has 4 rings (SSSR count). The van der Waals surface area contributed by atoms with E-state index in [4.69, 9.17) is 0 Å². The van der Waals surface area contributed by atoms with Gasteiger partial charge in [-0.1, -0.05) is 28.1 Å². The van der Waals surface area contributed by atoms with Gasteiger partial charge in [-0.3, -0.25) is 4.79 Å². The Bertz CT molecular complexity index is 872. The number of rotatable bonds is 4. The Hall–Kier alpha value is -2.09. The molecule has 1 aromatic carbocycles. The molecular formula is C21H21BrF3N3O. The van der Waals surface area contributed by atoms with Gasteiger partial charge in [0.25, 0.3) is 0 Å². The average Bonchev–Trinajstić information content (AvgIpc) is 3.51. The number of nitrogens with zero attached hydrogens (tertiary/aromatic N) is 2. The highest BCUT2D eigenvalue weighted by molar-refractivity contribution is 9.10. The maximum atomic E-state index is 12.9. The molecule has 0 radical (unpaired) electrons. The van der Waals surface area contributed by atoms with Crippen molar-refractivity contribution >= 4 is 27.7 Å². The van der Waals surface area contributed by atoms with Crippen molar-refractivity contribution < 1.29 is 18.0 Å². The van der Waals surface area contributed by atoms with Crippen LogP contribution in [0.25, 0.3) is 0 Å². The molecule has 154 valence electrons. The third-order valence-electron chi connectivity index (χ3n) is 5.81. The zero-order valence-electron chi connectivity index (χ0n) is 15.7. The van der Waals surface area contributed by atoms with E-state index >= 15 is 0 Å². The van der Waals surface area contributed by atoms with E-state index < -0.39 is 17.2 Å². The lowest BCUT2D eigenvalue weighted by atomic mass is 9.94. The van der Waals surface area contributed by atoms with Crippen LogP contribution in [-0.4, -0.2) is 30.0 Å². The van der Waals surface area contributed by atoms with Crippen LogP contribution in [-0.2, 0) is 16.4 Å². The molecule has 1 saturated heterocycles. The Labute approximate surface area is 175 Å². The van der Waals surface area contributed by atoms with Crippen molar-refractivity contribution in [1.29, 1.82) is 0 Å². The standard InChI is InChI=1S/C21H21BrF3N3O/c22-16-4-1-14(2-5-16)20(9-10-20)19(29)27-17-7-11-28(12-8-17)18-6-3-15(13-26-18)21(23,24)25/h1-6,13,17H,7-12H2,(H,27,29). The summed E-state index contributed by atoms with van der Waals surface area (Å²) in [5, 5.41) is 3.19. The molecule has 1 aromatic heterocycles. The van der Waals surface area contributed by atoms with Crippen molar-refractivity contribution in [3.05, 3.63) is 58.2 Å². The van der Waals surface area contributed by atoms with E-state index in [0.29, 0.717) is 18.9 Å². The molecule has 0 atom stereocenters. The summed E-state index contributed by atoms with van der Waals surface area (Å²) in [5.74, 6) is 0.613. The first kappa shape index (κ1) is 20.2. The normalized spacial score (nSPS) is 19.1. The lowest BCUT2D eigenvalue weighted by molar-refractivity contribution is -0.137. The molecule has 0 spiro atoms. The first-order chi connectivity index (χ1) is 13.8. The van der Waals surface area contributed by atoms with E-state index in [1.165, 1.54) is 6.07 Å². The maximum Gasteiger partial charge on any atom is 0.417 e. The molecule has 0 unspecified atom stereocenters. The lowest BCUT2D eigenvalue weighted by Crippen LogP contribution is -2.47. The summed E-state index contributed by atoms with van der Waals surface area (Å²) in [5.41, 5.74) is -0.108. The van der Waals surface area contributed by atoms with Crippen molar-refractivity contribution in [2.45, 2.75) is 43.3 Å². The van der Waals surface area contributed by atoms with Gasteiger partial charge >= 0.3 is 6.18 Å². The molecule has 2 heterocycles. The zero-order valence-corrected chi connectivity index (χ0v) is 17.3. The summed E-state index contributed by atoms with van der Waals surface area (Å²) < 4.78 is 39.0. The molecule has 8 heteroatoms. The van der Waals surface area contributed by atoms with Gasteiger partial charge in [0.15, 0.2) is 0 Å². The molecule has 1 saturated carbocycles. The highest BCUT2D eigenvalue weighted by Gasteiger charge is 2.51. The van der Waals surface area contributed by atoms with Gasteiger partial charge in [-0.2, -0.15) is 13.2 Å². The molecule has 4 nitrogen and oxygen atoms in total. The van der Waals surface area contributed by atoms with Crippen LogP contribution in [0.15, 0.2) is 47.1 Å². The number of amides is 1. The molecule has 2 aliphatic rings. The minimum atomic E-state index is -4.38. The molecule has 1 amide bonds. The smallest absolute Gasteiger partial charge is 0.356 e. The second-order valence-electron chi connectivity index (χ2n) is 7.73. The molecule has 1 aliphatic carbocycles. The number of hydrogen-bond acceptors (Lipinski definition) is 3. The first-order valence-corrected chi connectivity index (χ1v) is 10.4. The van der Waals surface area contributed by atoms with Crippen molar-refractivity contribution in [2.24, 2.45) is 0 Å². The minimum Gasteiger partial charge on any atom is -0.356 e. The number of halogens is 4. The first-order valence-electron chi connectivity index (χ1n) is 9.63. The summed E-state index contributed by atoms with van der Waals surface area (Å²) >= 11 is 3.42. The average molecular weight is 468 g/mol. The second kappa shape index (κ2) is 7.63.